The molecule has 2 aliphatic heterocycles. The molecule has 0 spiro atoms. The van der Waals surface area contributed by atoms with Crippen LogP contribution in [0.3, 0.4) is 0 Å². The highest BCUT2D eigenvalue weighted by molar-refractivity contribution is 6.24. The first-order valence-electron chi connectivity index (χ1n) is 7.48. The summed E-state index contributed by atoms with van der Waals surface area (Å²) in [5.74, 6) is 0.0907. The topological polar surface area (TPSA) is 43.8 Å². The quantitative estimate of drug-likeness (QED) is 0.918. The van der Waals surface area contributed by atoms with E-state index in [9.17, 15) is 9.90 Å². The third kappa shape index (κ3) is 2.03. The van der Waals surface area contributed by atoms with Gasteiger partial charge in [-0.1, -0.05) is 24.3 Å². The second kappa shape index (κ2) is 4.83. The molecule has 0 atom stereocenters. The van der Waals surface area contributed by atoms with E-state index in [1.54, 1.807) is 0 Å². The molecular weight excluding hydrogens is 264 g/mol. The number of benzene rings is 2. The molecule has 108 valence electrons. The number of hydrogen-bond donors (Lipinski definition) is 1. The number of rotatable bonds is 2. The van der Waals surface area contributed by atoms with Gasteiger partial charge in [0.25, 0.3) is 5.91 Å². The van der Waals surface area contributed by atoms with Crippen LogP contribution in [0.2, 0.25) is 0 Å². The summed E-state index contributed by atoms with van der Waals surface area (Å²) in [6, 6.07) is 12.0. The van der Waals surface area contributed by atoms with E-state index in [2.05, 4.69) is 17.0 Å². The molecule has 2 aromatic rings. The van der Waals surface area contributed by atoms with Crippen molar-refractivity contribution in [3.8, 4) is 0 Å². The Labute approximate surface area is 123 Å². The summed E-state index contributed by atoms with van der Waals surface area (Å²) in [6.07, 6.45) is 1.40. The number of aliphatic hydroxyl groups is 1. The first-order valence-corrected chi connectivity index (χ1v) is 7.48. The van der Waals surface area contributed by atoms with E-state index in [-0.39, 0.29) is 12.0 Å². The van der Waals surface area contributed by atoms with Crippen LogP contribution in [-0.2, 0) is 0 Å². The minimum Gasteiger partial charge on any atom is -0.393 e. The first-order chi connectivity index (χ1) is 10.2. The normalized spacial score (nSPS) is 19.7. The van der Waals surface area contributed by atoms with Crippen LogP contribution in [0.15, 0.2) is 36.4 Å². The average molecular weight is 282 g/mol. The van der Waals surface area contributed by atoms with Crippen LogP contribution in [0.4, 0.5) is 5.69 Å². The third-order valence-electron chi connectivity index (χ3n) is 4.55. The highest BCUT2D eigenvalue weighted by atomic mass is 16.3. The van der Waals surface area contributed by atoms with Gasteiger partial charge in [0.2, 0.25) is 0 Å². The molecule has 1 saturated heterocycles. The van der Waals surface area contributed by atoms with Crippen LogP contribution < -0.4 is 4.90 Å². The molecule has 2 heterocycles. The highest BCUT2D eigenvalue weighted by Crippen LogP contribution is 2.37. The summed E-state index contributed by atoms with van der Waals surface area (Å²) in [4.78, 5) is 16.8. The SMILES string of the molecule is O=C1c2cccc3cccc(c23)N1CN1CCC(O)CC1. The van der Waals surface area contributed by atoms with Crippen molar-refractivity contribution in [2.24, 2.45) is 0 Å². The fourth-order valence-electron chi connectivity index (χ4n) is 3.38. The summed E-state index contributed by atoms with van der Waals surface area (Å²) in [6.45, 7) is 2.30. The molecule has 1 N–H and O–H groups in total. The summed E-state index contributed by atoms with van der Waals surface area (Å²) < 4.78 is 0. The molecule has 4 nitrogen and oxygen atoms in total. The number of amides is 1. The monoisotopic (exact) mass is 282 g/mol. The van der Waals surface area contributed by atoms with Gasteiger partial charge >= 0.3 is 0 Å². The minimum absolute atomic E-state index is 0.0907. The van der Waals surface area contributed by atoms with Gasteiger partial charge in [-0.15, -0.1) is 0 Å². The van der Waals surface area contributed by atoms with Crippen LogP contribution in [0.5, 0.6) is 0 Å². The lowest BCUT2D eigenvalue weighted by Crippen LogP contribution is -2.44. The van der Waals surface area contributed by atoms with E-state index < -0.39 is 0 Å². The van der Waals surface area contributed by atoms with E-state index in [1.165, 1.54) is 0 Å². The number of likely N-dealkylation sites (tertiary alicyclic amines) is 1. The van der Waals surface area contributed by atoms with Crippen LogP contribution in [0.1, 0.15) is 23.2 Å². The average Bonchev–Trinajstić information content (AvgIpc) is 2.78. The van der Waals surface area contributed by atoms with Crippen LogP contribution in [0.25, 0.3) is 10.8 Å². The van der Waals surface area contributed by atoms with Gasteiger partial charge in [0, 0.05) is 24.0 Å². The number of carbonyl (C=O) groups excluding carboxylic acids is 1. The van der Waals surface area contributed by atoms with Crippen molar-refractivity contribution in [1.82, 2.24) is 4.90 Å². The van der Waals surface area contributed by atoms with E-state index in [0.717, 1.165) is 48.0 Å². The van der Waals surface area contributed by atoms with Crippen molar-refractivity contribution in [1.29, 1.82) is 0 Å². The molecule has 2 aromatic carbocycles. The summed E-state index contributed by atoms with van der Waals surface area (Å²) in [5, 5.41) is 11.8. The van der Waals surface area contributed by atoms with Gasteiger partial charge in [0.05, 0.1) is 18.5 Å². The molecule has 0 saturated carbocycles. The number of aliphatic hydroxyl groups excluding tert-OH is 1. The van der Waals surface area contributed by atoms with E-state index in [0.29, 0.717) is 6.67 Å². The van der Waals surface area contributed by atoms with Gasteiger partial charge in [-0.25, -0.2) is 0 Å². The lowest BCUT2D eigenvalue weighted by molar-refractivity contribution is 0.0786. The molecule has 1 fully saturated rings. The van der Waals surface area contributed by atoms with Gasteiger partial charge in [-0.3, -0.25) is 14.6 Å². The Morgan fingerprint density at radius 1 is 1.10 bits per heavy atom. The maximum atomic E-state index is 12.7. The number of hydrogen-bond acceptors (Lipinski definition) is 3. The van der Waals surface area contributed by atoms with Crippen molar-refractivity contribution in [3.05, 3.63) is 42.0 Å². The second-order valence-corrected chi connectivity index (χ2v) is 5.90. The molecule has 0 radical (unpaired) electrons. The predicted molar refractivity (Wildman–Crippen MR) is 82.4 cm³/mol. The molecule has 0 aromatic heterocycles. The fraction of sp³-hybridized carbons (Fsp3) is 0.353. The summed E-state index contributed by atoms with van der Waals surface area (Å²) in [5.41, 5.74) is 1.82. The molecule has 0 aliphatic carbocycles. The molecule has 0 unspecified atom stereocenters. The predicted octanol–water partition coefficient (Wildman–Crippen LogP) is 2.21. The Hall–Kier alpha value is -1.91. The van der Waals surface area contributed by atoms with Gasteiger partial charge in [-0.05, 0) is 30.4 Å². The standard InChI is InChI=1S/C17H18N2O2/c20-13-7-9-18(10-8-13)11-19-15-6-2-4-12-3-1-5-14(16(12)15)17(19)21/h1-6,13,20H,7-11H2. The highest BCUT2D eigenvalue weighted by Gasteiger charge is 2.31. The maximum Gasteiger partial charge on any atom is 0.260 e. The Kier molecular flexibility index (Phi) is 2.94. The number of anilines is 1. The Morgan fingerprint density at radius 2 is 1.81 bits per heavy atom. The van der Waals surface area contributed by atoms with Crippen molar-refractivity contribution < 1.29 is 9.90 Å². The maximum absolute atomic E-state index is 12.7. The van der Waals surface area contributed by atoms with E-state index in [4.69, 9.17) is 0 Å². The first kappa shape index (κ1) is 12.8. The van der Waals surface area contributed by atoms with Crippen molar-refractivity contribution in [2.75, 3.05) is 24.7 Å². The van der Waals surface area contributed by atoms with Gasteiger partial charge in [0.1, 0.15) is 0 Å². The van der Waals surface area contributed by atoms with Gasteiger partial charge in [-0.2, -0.15) is 0 Å². The van der Waals surface area contributed by atoms with Gasteiger partial charge in [0.15, 0.2) is 0 Å². The van der Waals surface area contributed by atoms with Crippen LogP contribution in [-0.4, -0.2) is 41.8 Å². The minimum atomic E-state index is -0.184. The number of nitrogens with zero attached hydrogens (tertiary/aromatic N) is 2. The van der Waals surface area contributed by atoms with E-state index >= 15 is 0 Å². The Balaban J connectivity index is 1.66. The van der Waals surface area contributed by atoms with Crippen LogP contribution >= 0.6 is 0 Å². The Morgan fingerprint density at radius 3 is 2.57 bits per heavy atom. The van der Waals surface area contributed by atoms with Crippen LogP contribution in [0, 0.1) is 0 Å². The smallest absolute Gasteiger partial charge is 0.260 e. The zero-order chi connectivity index (χ0) is 14.4. The molecule has 2 aliphatic rings. The third-order valence-corrected chi connectivity index (χ3v) is 4.55. The zero-order valence-electron chi connectivity index (χ0n) is 11.8. The molecule has 21 heavy (non-hydrogen) atoms. The lowest BCUT2D eigenvalue weighted by Gasteiger charge is -2.33. The Bertz CT molecular complexity index is 700. The van der Waals surface area contributed by atoms with Crippen molar-refractivity contribution in [3.63, 3.8) is 0 Å². The second-order valence-electron chi connectivity index (χ2n) is 5.90. The van der Waals surface area contributed by atoms with E-state index in [1.807, 2.05) is 29.2 Å². The zero-order valence-corrected chi connectivity index (χ0v) is 11.8. The van der Waals surface area contributed by atoms with Crippen molar-refractivity contribution in [2.45, 2.75) is 18.9 Å². The summed E-state index contributed by atoms with van der Waals surface area (Å²) in [7, 11) is 0. The fourth-order valence-corrected chi connectivity index (χ4v) is 3.38. The molecule has 4 rings (SSSR count). The molecular formula is C17H18N2O2. The molecule has 1 amide bonds. The van der Waals surface area contributed by atoms with Crippen molar-refractivity contribution >= 4 is 22.4 Å². The number of piperidine rings is 1. The van der Waals surface area contributed by atoms with Gasteiger partial charge < -0.3 is 5.11 Å². The largest absolute Gasteiger partial charge is 0.393 e. The molecule has 0 bridgehead atoms. The lowest BCUT2D eigenvalue weighted by atomic mass is 10.1. The molecule has 4 heteroatoms. The summed E-state index contributed by atoms with van der Waals surface area (Å²) >= 11 is 0. The number of carbonyl (C=O) groups is 1.